The Morgan fingerprint density at radius 3 is 2.55 bits per heavy atom. The zero-order chi connectivity index (χ0) is 24.1. The van der Waals surface area contributed by atoms with Crippen LogP contribution in [-0.2, 0) is 6.54 Å². The van der Waals surface area contributed by atoms with E-state index in [0.717, 1.165) is 6.20 Å². The number of hydrogen-bond donors (Lipinski definition) is 3. The molecule has 0 aliphatic carbocycles. The third kappa shape index (κ3) is 3.75. The predicted octanol–water partition coefficient (Wildman–Crippen LogP) is 1.83. The number of aliphatic hydroxyl groups is 1. The summed E-state index contributed by atoms with van der Waals surface area (Å²) >= 11 is 0. The molecule has 0 unspecified atom stereocenters. The van der Waals surface area contributed by atoms with Gasteiger partial charge in [0.2, 0.25) is 5.43 Å². The van der Waals surface area contributed by atoms with E-state index in [4.69, 9.17) is 0 Å². The number of amides is 2. The van der Waals surface area contributed by atoms with Crippen LogP contribution in [0.1, 0.15) is 58.6 Å². The number of nitrogens with one attached hydrogen (secondary N) is 1. The Labute approximate surface area is 186 Å². The highest BCUT2D eigenvalue weighted by atomic mass is 19.1. The van der Waals surface area contributed by atoms with Crippen molar-refractivity contribution in [3.05, 3.63) is 62.8 Å². The van der Waals surface area contributed by atoms with Crippen molar-refractivity contribution in [2.45, 2.75) is 44.4 Å². The number of fused-ring (bicyclic) bond motifs is 4. The molecule has 2 aliphatic heterocycles. The monoisotopic (exact) mass is 465 g/mol. The Kier molecular flexibility index (Phi) is 5.69. The lowest BCUT2D eigenvalue weighted by atomic mass is 9.86. The maximum Gasteiger partial charge on any atom is 0.274 e. The van der Waals surface area contributed by atoms with Crippen LogP contribution >= 0.6 is 0 Å². The van der Waals surface area contributed by atoms with Crippen LogP contribution in [0.4, 0.5) is 13.2 Å². The van der Waals surface area contributed by atoms with Crippen LogP contribution in [0.25, 0.3) is 0 Å². The van der Waals surface area contributed by atoms with Gasteiger partial charge in [-0.2, -0.15) is 0 Å². The highest BCUT2D eigenvalue weighted by Gasteiger charge is 2.46. The molecule has 2 aliphatic rings. The van der Waals surface area contributed by atoms with Crippen molar-refractivity contribution in [1.29, 1.82) is 0 Å². The Morgan fingerprint density at radius 2 is 1.91 bits per heavy atom. The molecule has 11 heteroatoms. The normalized spacial score (nSPS) is 22.0. The number of aromatic hydroxyl groups is 1. The molecular formula is C22H22F3N3O5. The van der Waals surface area contributed by atoms with Gasteiger partial charge in [-0.1, -0.05) is 6.92 Å². The van der Waals surface area contributed by atoms with E-state index >= 15 is 0 Å². The summed E-state index contributed by atoms with van der Waals surface area (Å²) in [6.45, 7) is 1.56. The number of carbonyl (C=O) groups excluding carboxylic acids is 2. The number of benzene rings is 1. The van der Waals surface area contributed by atoms with Crippen molar-refractivity contribution in [3.8, 4) is 5.75 Å². The molecule has 1 aromatic carbocycles. The minimum absolute atomic E-state index is 0.131. The van der Waals surface area contributed by atoms with Crippen LogP contribution in [0.3, 0.4) is 0 Å². The van der Waals surface area contributed by atoms with Crippen LogP contribution in [0, 0.1) is 17.5 Å². The van der Waals surface area contributed by atoms with Gasteiger partial charge in [0, 0.05) is 43.5 Å². The molecule has 4 rings (SSSR count). The van der Waals surface area contributed by atoms with E-state index in [0.29, 0.717) is 37.9 Å². The van der Waals surface area contributed by atoms with Gasteiger partial charge in [-0.15, -0.1) is 0 Å². The van der Waals surface area contributed by atoms with Gasteiger partial charge < -0.3 is 25.0 Å². The molecule has 0 spiro atoms. The molecule has 2 aromatic rings. The molecule has 0 saturated carbocycles. The zero-order valence-electron chi connectivity index (χ0n) is 17.7. The summed E-state index contributed by atoms with van der Waals surface area (Å²) in [7, 11) is 0. The fourth-order valence-corrected chi connectivity index (χ4v) is 4.55. The lowest BCUT2D eigenvalue weighted by Gasteiger charge is -2.41. The molecule has 1 fully saturated rings. The summed E-state index contributed by atoms with van der Waals surface area (Å²) in [6, 6.07) is 0.195. The zero-order valence-corrected chi connectivity index (χ0v) is 17.7. The molecule has 3 heterocycles. The maximum absolute atomic E-state index is 13.9. The van der Waals surface area contributed by atoms with Gasteiger partial charge in [0.05, 0.1) is 11.6 Å². The van der Waals surface area contributed by atoms with Gasteiger partial charge >= 0.3 is 0 Å². The second kappa shape index (κ2) is 8.22. The van der Waals surface area contributed by atoms with Gasteiger partial charge in [-0.25, -0.2) is 13.2 Å². The average Bonchev–Trinajstić information content (AvgIpc) is 2.91. The van der Waals surface area contributed by atoms with E-state index in [1.807, 2.05) is 0 Å². The number of carbonyl (C=O) groups is 2. The lowest BCUT2D eigenvalue weighted by Crippen LogP contribution is -2.50. The number of rotatable bonds is 4. The molecule has 2 amide bonds. The molecule has 1 saturated heterocycles. The molecule has 1 aromatic heterocycles. The standard InChI is InChI=1S/C22H22F3N3O5/c1-2-22(33)4-3-5-27-10-16(22)28-9-13(18(29)19(30)17(28)21(27)32)20(31)26-8-12-14(24)6-11(23)7-15(12)25/h6-7,9,16,30,33H,2-5,8,10H2,1H3,(H,26,31)/t16-,22+/m1/s1. The smallest absolute Gasteiger partial charge is 0.274 e. The highest BCUT2D eigenvalue weighted by molar-refractivity contribution is 5.99. The fourth-order valence-electron chi connectivity index (χ4n) is 4.55. The summed E-state index contributed by atoms with van der Waals surface area (Å²) in [5, 5.41) is 23.9. The summed E-state index contributed by atoms with van der Waals surface area (Å²) in [4.78, 5) is 39.7. The minimum Gasteiger partial charge on any atom is -0.503 e. The van der Waals surface area contributed by atoms with Crippen molar-refractivity contribution >= 4 is 11.8 Å². The van der Waals surface area contributed by atoms with Gasteiger partial charge in [-0.3, -0.25) is 14.4 Å². The Morgan fingerprint density at radius 1 is 1.24 bits per heavy atom. The van der Waals surface area contributed by atoms with Gasteiger partial charge in [0.15, 0.2) is 11.4 Å². The molecule has 2 atom stereocenters. The Bertz CT molecular complexity index is 1190. The molecular weight excluding hydrogens is 443 g/mol. The summed E-state index contributed by atoms with van der Waals surface area (Å²) in [5.74, 6) is -6.14. The van der Waals surface area contributed by atoms with E-state index in [1.54, 1.807) is 6.92 Å². The molecule has 8 nitrogen and oxygen atoms in total. The number of halogens is 3. The summed E-state index contributed by atoms with van der Waals surface area (Å²) in [5.41, 5.74) is -3.88. The molecule has 176 valence electrons. The van der Waals surface area contributed by atoms with E-state index in [-0.39, 0.29) is 12.2 Å². The van der Waals surface area contributed by atoms with Gasteiger partial charge in [0.25, 0.3) is 11.8 Å². The first-order valence-electron chi connectivity index (χ1n) is 10.5. The van der Waals surface area contributed by atoms with Crippen molar-refractivity contribution in [1.82, 2.24) is 14.8 Å². The SMILES string of the molecule is CC[C@]1(O)CCCN2C[C@H]1n1cc(C(=O)NCc3c(F)cc(F)cc3F)c(=O)c(O)c1C2=O. The third-order valence-corrected chi connectivity index (χ3v) is 6.48. The van der Waals surface area contributed by atoms with E-state index < -0.39 is 69.8 Å². The Balaban J connectivity index is 1.73. The van der Waals surface area contributed by atoms with Crippen molar-refractivity contribution in [3.63, 3.8) is 0 Å². The first kappa shape index (κ1) is 22.8. The van der Waals surface area contributed by atoms with E-state index in [9.17, 15) is 37.8 Å². The lowest BCUT2D eigenvalue weighted by molar-refractivity contribution is -0.0270. The topological polar surface area (TPSA) is 112 Å². The van der Waals surface area contributed by atoms with Crippen molar-refractivity contribution in [2.24, 2.45) is 0 Å². The summed E-state index contributed by atoms with van der Waals surface area (Å²) in [6.07, 6.45) is 2.30. The number of aromatic nitrogens is 1. The molecule has 33 heavy (non-hydrogen) atoms. The van der Waals surface area contributed by atoms with Crippen molar-refractivity contribution in [2.75, 3.05) is 13.1 Å². The number of nitrogens with zero attached hydrogens (tertiary/aromatic N) is 2. The van der Waals surface area contributed by atoms with E-state index in [2.05, 4.69) is 5.32 Å². The quantitative estimate of drug-likeness (QED) is 0.638. The van der Waals surface area contributed by atoms with Crippen LogP contribution in [0.15, 0.2) is 23.1 Å². The average molecular weight is 465 g/mol. The number of hydrogen-bond acceptors (Lipinski definition) is 5. The summed E-state index contributed by atoms with van der Waals surface area (Å²) < 4.78 is 42.1. The third-order valence-electron chi connectivity index (χ3n) is 6.48. The van der Waals surface area contributed by atoms with Crippen LogP contribution < -0.4 is 10.7 Å². The van der Waals surface area contributed by atoms with E-state index in [1.165, 1.54) is 9.47 Å². The maximum atomic E-state index is 13.9. The minimum atomic E-state index is -1.25. The first-order chi connectivity index (χ1) is 15.6. The van der Waals surface area contributed by atoms with Gasteiger partial charge in [0.1, 0.15) is 23.0 Å². The molecule has 0 radical (unpaired) electrons. The second-order valence-electron chi connectivity index (χ2n) is 8.33. The number of pyridine rings is 1. The van der Waals surface area contributed by atoms with Crippen molar-refractivity contribution < 1.29 is 33.0 Å². The van der Waals surface area contributed by atoms with Gasteiger partial charge in [-0.05, 0) is 19.3 Å². The highest BCUT2D eigenvalue weighted by Crippen LogP contribution is 2.39. The Hall–Kier alpha value is -3.34. The van der Waals surface area contributed by atoms with Crippen LogP contribution in [-0.4, -0.2) is 50.2 Å². The van der Waals surface area contributed by atoms with Crippen LogP contribution in [0.5, 0.6) is 5.75 Å². The molecule has 2 bridgehead atoms. The fraction of sp³-hybridized carbons (Fsp3) is 0.409. The second-order valence-corrected chi connectivity index (χ2v) is 8.33. The largest absolute Gasteiger partial charge is 0.503 e. The molecule has 3 N–H and O–H groups in total. The van der Waals surface area contributed by atoms with Crippen LogP contribution in [0.2, 0.25) is 0 Å². The predicted molar refractivity (Wildman–Crippen MR) is 109 cm³/mol. The first-order valence-corrected chi connectivity index (χ1v) is 10.5.